The summed E-state index contributed by atoms with van der Waals surface area (Å²) in [5.74, 6) is -5.91. The molecule has 1 aliphatic heterocycles. The van der Waals surface area contributed by atoms with Crippen molar-refractivity contribution < 1.29 is 126 Å². The Bertz CT molecular complexity index is 3230. The van der Waals surface area contributed by atoms with Crippen LogP contribution in [0.2, 0.25) is 0 Å². The first-order valence-electron chi connectivity index (χ1n) is 33.8. The molecule has 103 heavy (non-hydrogen) atoms. The van der Waals surface area contributed by atoms with Crippen LogP contribution in [0.3, 0.4) is 0 Å². The van der Waals surface area contributed by atoms with Gasteiger partial charge in [-0.15, -0.1) is 0 Å². The van der Waals surface area contributed by atoms with E-state index >= 15 is 0 Å². The molecule has 2 aromatic heterocycles. The number of nitrogens with one attached hydrogen (secondary N) is 5. The van der Waals surface area contributed by atoms with E-state index in [4.69, 9.17) is 34.7 Å². The van der Waals surface area contributed by atoms with E-state index in [1.807, 2.05) is 41.5 Å². The molecule has 0 saturated heterocycles. The van der Waals surface area contributed by atoms with Crippen LogP contribution in [0.25, 0.3) is 0 Å². The number of carbonyl (C=O) groups excluding carboxylic acids is 14. The number of aliphatic carboxylic acids is 1. The Labute approximate surface area is 624 Å². The van der Waals surface area contributed by atoms with Crippen molar-refractivity contribution in [3.8, 4) is 11.5 Å². The topological polar surface area (TPSA) is 468 Å². The molecule has 0 saturated carbocycles. The number of hydrogen-bond donors (Lipinski definition) is 8. The van der Waals surface area contributed by atoms with Gasteiger partial charge in [0.25, 0.3) is 5.91 Å². The molecule has 562 valence electrons. The Balaban J connectivity index is 0. The Morgan fingerprint density at radius 3 is 1.28 bits per heavy atom. The van der Waals surface area contributed by atoms with Gasteiger partial charge < -0.3 is 66.6 Å². The number of aromatic nitrogens is 4. The molecule has 0 unspecified atom stereocenters. The first-order chi connectivity index (χ1) is 48.5. The number of ketones is 4. The minimum absolute atomic E-state index is 0. The number of aromatic hydroxyl groups is 2. The quantitative estimate of drug-likeness (QED) is 0.0136. The Morgan fingerprint density at radius 2 is 0.942 bits per heavy atom. The van der Waals surface area contributed by atoms with Gasteiger partial charge in [-0.05, 0) is 138 Å². The fraction of sp³-hybridized carbons (Fsp3) is 0.542. The molecule has 4 aromatic rings. The van der Waals surface area contributed by atoms with E-state index in [0.29, 0.717) is 90.5 Å². The number of methoxy groups -OCH3 is 2. The summed E-state index contributed by atoms with van der Waals surface area (Å²) in [5, 5.41) is 42.0. The number of phenols is 2. The summed E-state index contributed by atoms with van der Waals surface area (Å²) in [6.45, 7) is 17.3. The van der Waals surface area contributed by atoms with Crippen LogP contribution in [0.5, 0.6) is 11.5 Å². The standard InChI is InChI=1S/C33H47N5O7.C28H45N3O6.C6H2N2O3.C2H4O2.C2H6.CO2.Na/c1-22(2)18-25(20-31(42)28(37-23(3)39)19-24-10-12-26(40)13-11-24)32(43)38-27(30(41)9-7-17-45-4)8-5-6-14-36-33(44)29-21-34-15-16-35-29;1-19(2)16-22(28(36)31-24(8-5-6-14-29)26(34)9-7-15-37-4)18-27(35)25(30-20(3)32)17-21-10-12-23(33)13-11-21;9-5-3-4(6(10)11-5)8-2-1-7-3;1-2(3)4;1-2;2-1-3;/h10-13,15-16,21-22,25,27-28,40H,5-9,14,17-20H2,1-4H3,(H,36,44)(H,37,39)(H,38,43);10-13,19,22,24-25,33H,5-9,14-18,29H2,1-4H3,(H,30,32)(H,31,36);1-2H;1H3,(H,3,4);1-2H3;;/q;;;;;;+1/p-1/t25-,27-,28-;22-,24-,25-;;;;;/m00...../s1. The van der Waals surface area contributed by atoms with E-state index in [-0.39, 0.29) is 161 Å². The number of nitrogens with two attached hydrogens (primary N) is 1. The summed E-state index contributed by atoms with van der Waals surface area (Å²) in [4.78, 5) is 177. The van der Waals surface area contributed by atoms with Crippen LogP contribution in [0.1, 0.15) is 195 Å². The van der Waals surface area contributed by atoms with Gasteiger partial charge >= 0.3 is 47.6 Å². The van der Waals surface area contributed by atoms with Crippen LogP contribution < -0.4 is 67.0 Å². The molecule has 5 rings (SSSR count). The zero-order valence-corrected chi connectivity index (χ0v) is 63.4. The van der Waals surface area contributed by atoms with E-state index in [1.165, 1.54) is 69.1 Å². The van der Waals surface area contributed by atoms with Gasteiger partial charge in [-0.3, -0.25) is 48.1 Å². The van der Waals surface area contributed by atoms with Gasteiger partial charge in [0, 0.05) is 116 Å². The Hall–Kier alpha value is -8.90. The van der Waals surface area contributed by atoms with Gasteiger partial charge in [-0.2, -0.15) is 9.59 Å². The average molecular weight is 1450 g/mol. The number of hydrogen-bond acceptors (Lipinski definition) is 25. The predicted octanol–water partition coefficient (Wildman–Crippen LogP) is 1.59. The zero-order valence-electron chi connectivity index (χ0n) is 61.4. The monoisotopic (exact) mass is 1450 g/mol. The van der Waals surface area contributed by atoms with Gasteiger partial charge in [0.15, 0.2) is 34.5 Å². The molecule has 9 N–H and O–H groups in total. The molecule has 0 fully saturated rings. The third-order valence-corrected chi connectivity index (χ3v) is 14.6. The molecular formula is C72H103N10NaO20. The second-order valence-corrected chi connectivity index (χ2v) is 24.1. The van der Waals surface area contributed by atoms with Gasteiger partial charge in [0.2, 0.25) is 23.6 Å². The summed E-state index contributed by atoms with van der Waals surface area (Å²) in [5.41, 5.74) is 7.34. The van der Waals surface area contributed by atoms with E-state index in [1.54, 1.807) is 38.5 Å². The maximum atomic E-state index is 13.6. The molecule has 31 heteroatoms. The summed E-state index contributed by atoms with van der Waals surface area (Å²) in [6.07, 6.45) is 13.5. The normalized spacial score (nSPS) is 12.5. The van der Waals surface area contributed by atoms with Crippen molar-refractivity contribution in [2.75, 3.05) is 40.5 Å². The largest absolute Gasteiger partial charge is 1.00 e. The number of rotatable bonds is 40. The zero-order chi connectivity index (χ0) is 77.1. The number of benzene rings is 2. The maximum absolute atomic E-state index is 13.6. The molecule has 1 aliphatic rings. The van der Waals surface area contributed by atoms with E-state index in [2.05, 4.69) is 51.3 Å². The number of Topliss-reactive ketones (excluding diaryl/α,β-unsaturated/α-hetero) is 4. The SMILES string of the molecule is CC.CC(=O)[O-].COCCCC(=O)[C@H](CCCCN)NC(=O)[C@H](CC(=O)[C@H](Cc1ccc(O)cc1)NC(C)=O)CC(C)C.COCCCC(=O)[C@H](CCCCNC(=O)c1cnccn1)NC(=O)[C@H](CC(=O)[C@H](Cc1ccc(O)cc1)NC(C)=O)CC(C)C.O=C1OC(=O)c2nccnc21.O=C=O.[Na+]. The third-order valence-electron chi connectivity index (χ3n) is 14.6. The third kappa shape index (κ3) is 43.6. The number of cyclic esters (lactones) is 2. The Morgan fingerprint density at radius 1 is 0.563 bits per heavy atom. The minimum atomic E-state index is -1.08. The van der Waals surface area contributed by atoms with E-state index < -0.39 is 53.9 Å². The number of carboxylic acids is 1. The van der Waals surface area contributed by atoms with Crippen LogP contribution in [0, 0.1) is 23.7 Å². The maximum Gasteiger partial charge on any atom is 1.00 e. The molecule has 5 amide bonds. The van der Waals surface area contributed by atoms with Crippen LogP contribution in [0.4, 0.5) is 0 Å². The second kappa shape index (κ2) is 56.6. The van der Waals surface area contributed by atoms with Crippen molar-refractivity contribution in [1.82, 2.24) is 46.5 Å². The number of phenolic OH excluding ortho intramolecular Hbond substituents is 2. The number of ether oxygens (including phenoxy) is 3. The Kier molecular flexibility index (Phi) is 52.9. The summed E-state index contributed by atoms with van der Waals surface area (Å²) in [6, 6.07) is 9.76. The van der Waals surface area contributed by atoms with E-state index in [0.717, 1.165) is 24.5 Å². The summed E-state index contributed by atoms with van der Waals surface area (Å²) < 4.78 is 14.3. The van der Waals surface area contributed by atoms with Gasteiger partial charge in [-0.25, -0.2) is 24.5 Å². The van der Waals surface area contributed by atoms with E-state index in [9.17, 15) is 63.0 Å². The summed E-state index contributed by atoms with van der Waals surface area (Å²) in [7, 11) is 3.14. The number of carboxylic acid groups (broad SMARTS) is 1. The fourth-order valence-electron chi connectivity index (χ4n) is 10.0. The molecule has 2 aromatic carbocycles. The van der Waals surface area contributed by atoms with Gasteiger partial charge in [0.1, 0.15) is 17.2 Å². The number of esters is 2. The molecule has 0 spiro atoms. The number of carbonyl (C=O) groups is 12. The number of unbranched alkanes of at least 4 members (excludes halogenated alkanes) is 2. The first-order valence-corrected chi connectivity index (χ1v) is 33.8. The molecule has 0 bridgehead atoms. The van der Waals surface area contributed by atoms with Crippen LogP contribution in [-0.4, -0.2) is 172 Å². The minimum Gasteiger partial charge on any atom is -0.550 e. The predicted molar refractivity (Wildman–Crippen MR) is 370 cm³/mol. The second-order valence-electron chi connectivity index (χ2n) is 24.1. The average Bonchev–Trinajstić information content (AvgIpc) is 1.71. The number of nitrogens with zero attached hydrogens (tertiary/aromatic N) is 4. The van der Waals surface area contributed by atoms with Crippen molar-refractivity contribution in [2.24, 2.45) is 29.4 Å². The number of amides is 5. The van der Waals surface area contributed by atoms with Crippen molar-refractivity contribution in [3.63, 3.8) is 0 Å². The van der Waals surface area contributed by atoms with Crippen molar-refractivity contribution >= 4 is 76.7 Å². The summed E-state index contributed by atoms with van der Waals surface area (Å²) >= 11 is 0. The molecule has 0 radical (unpaired) electrons. The van der Waals surface area contributed by atoms with Gasteiger partial charge in [0.05, 0.1) is 30.4 Å². The number of fused-ring (bicyclic) bond motifs is 1. The van der Waals surface area contributed by atoms with Crippen LogP contribution in [0.15, 0.2) is 79.5 Å². The fourth-order valence-corrected chi connectivity index (χ4v) is 10.0. The molecule has 0 aliphatic carbocycles. The van der Waals surface area contributed by atoms with Gasteiger partial charge in [-0.1, -0.05) is 65.8 Å². The van der Waals surface area contributed by atoms with Crippen LogP contribution in [-0.2, 0) is 79.8 Å². The van der Waals surface area contributed by atoms with Crippen molar-refractivity contribution in [1.29, 1.82) is 0 Å². The molecule has 3 heterocycles. The van der Waals surface area contributed by atoms with Crippen molar-refractivity contribution in [2.45, 2.75) is 189 Å². The smallest absolute Gasteiger partial charge is 0.550 e. The molecule has 30 nitrogen and oxygen atoms in total. The first kappa shape index (κ1) is 96.2. The van der Waals surface area contributed by atoms with Crippen molar-refractivity contribution in [3.05, 3.63) is 108 Å². The molecule has 6 atom stereocenters. The van der Waals surface area contributed by atoms with Crippen LogP contribution >= 0.6 is 0 Å². The molecular weight excluding hydrogens is 1350 g/mol.